The van der Waals surface area contributed by atoms with Crippen molar-refractivity contribution in [2.75, 3.05) is 5.32 Å². The average molecular weight is 489 g/mol. The van der Waals surface area contributed by atoms with Gasteiger partial charge < -0.3 is 5.32 Å². The first-order chi connectivity index (χ1) is 8.99. The molecule has 0 fully saturated rings. The van der Waals surface area contributed by atoms with Crippen LogP contribution in [0.3, 0.4) is 0 Å². The van der Waals surface area contributed by atoms with Gasteiger partial charge in [-0.3, -0.25) is 0 Å². The van der Waals surface area contributed by atoms with E-state index >= 15 is 0 Å². The van der Waals surface area contributed by atoms with Crippen LogP contribution in [-0.4, -0.2) is 0 Å². The second kappa shape index (κ2) is 6.81. The third-order valence-corrected chi connectivity index (χ3v) is 6.15. The van der Waals surface area contributed by atoms with E-state index in [1.165, 1.54) is 0 Å². The van der Waals surface area contributed by atoms with Gasteiger partial charge in [-0.2, -0.15) is 0 Å². The molecule has 0 amide bonds. The molecule has 0 spiro atoms. The van der Waals surface area contributed by atoms with Gasteiger partial charge in [0.2, 0.25) is 0 Å². The van der Waals surface area contributed by atoms with Gasteiger partial charge in [0.05, 0.1) is 15.7 Å². The van der Waals surface area contributed by atoms with E-state index in [0.29, 0.717) is 16.6 Å². The molecule has 0 bridgehead atoms. The summed E-state index contributed by atoms with van der Waals surface area (Å²) in [5.41, 5.74) is 1.96. The largest absolute Gasteiger partial charge is 0.380 e. The molecular formula is C13H8Br3Cl2N. The minimum Gasteiger partial charge on any atom is -0.380 e. The quantitative estimate of drug-likeness (QED) is 0.464. The molecule has 0 aliphatic heterocycles. The molecule has 19 heavy (non-hydrogen) atoms. The molecule has 2 aromatic rings. The van der Waals surface area contributed by atoms with Crippen molar-refractivity contribution >= 4 is 76.7 Å². The molecule has 2 aromatic carbocycles. The Morgan fingerprint density at radius 2 is 1.53 bits per heavy atom. The third-order valence-electron chi connectivity index (χ3n) is 2.50. The van der Waals surface area contributed by atoms with Crippen molar-refractivity contribution in [3.8, 4) is 0 Å². The fourth-order valence-corrected chi connectivity index (χ4v) is 3.02. The van der Waals surface area contributed by atoms with Gasteiger partial charge in [-0.05, 0) is 77.6 Å². The second-order valence-electron chi connectivity index (χ2n) is 3.82. The van der Waals surface area contributed by atoms with E-state index in [1.54, 1.807) is 0 Å². The standard InChI is InChI=1S/C13H8Br3Cl2N/c14-8-2-1-7(5-10(8)16)6-19-11-4-3-9(15)12(17)13(11)18/h1-5,19H,6H2. The van der Waals surface area contributed by atoms with E-state index in [-0.39, 0.29) is 0 Å². The molecular weight excluding hydrogens is 481 g/mol. The van der Waals surface area contributed by atoms with E-state index in [0.717, 1.165) is 24.7 Å². The van der Waals surface area contributed by atoms with Crippen LogP contribution in [0, 0.1) is 0 Å². The lowest BCUT2D eigenvalue weighted by molar-refractivity contribution is 1.14. The highest BCUT2D eigenvalue weighted by Crippen LogP contribution is 2.36. The Morgan fingerprint density at radius 1 is 0.842 bits per heavy atom. The van der Waals surface area contributed by atoms with Crippen molar-refractivity contribution in [3.63, 3.8) is 0 Å². The molecule has 0 unspecified atom stereocenters. The number of hydrogen-bond donors (Lipinski definition) is 1. The van der Waals surface area contributed by atoms with E-state index in [9.17, 15) is 0 Å². The number of halogens is 5. The summed E-state index contributed by atoms with van der Waals surface area (Å²) in [6, 6.07) is 9.85. The first-order valence-electron chi connectivity index (χ1n) is 5.30. The maximum atomic E-state index is 6.18. The van der Waals surface area contributed by atoms with Crippen LogP contribution in [0.5, 0.6) is 0 Å². The van der Waals surface area contributed by atoms with Gasteiger partial charge in [0.1, 0.15) is 0 Å². The van der Waals surface area contributed by atoms with Crippen molar-refractivity contribution in [1.29, 1.82) is 0 Å². The van der Waals surface area contributed by atoms with Crippen molar-refractivity contribution in [2.24, 2.45) is 0 Å². The van der Waals surface area contributed by atoms with E-state index in [4.69, 9.17) is 23.2 Å². The number of hydrogen-bond acceptors (Lipinski definition) is 1. The fraction of sp³-hybridized carbons (Fsp3) is 0.0769. The lowest BCUT2D eigenvalue weighted by Crippen LogP contribution is -2.00. The van der Waals surface area contributed by atoms with Crippen molar-refractivity contribution < 1.29 is 0 Å². The maximum Gasteiger partial charge on any atom is 0.0835 e. The molecule has 1 N–H and O–H groups in total. The highest BCUT2D eigenvalue weighted by atomic mass is 79.9. The fourth-order valence-electron chi connectivity index (χ4n) is 1.51. The SMILES string of the molecule is Clc1c(Br)ccc(NCc2ccc(Br)c(Br)c2)c1Cl. The minimum atomic E-state index is 0.517. The molecule has 0 aliphatic carbocycles. The molecule has 1 nitrogen and oxygen atoms in total. The van der Waals surface area contributed by atoms with Crippen LogP contribution < -0.4 is 5.32 Å². The summed E-state index contributed by atoms with van der Waals surface area (Å²) in [7, 11) is 0. The number of rotatable bonds is 3. The van der Waals surface area contributed by atoms with Gasteiger partial charge in [0, 0.05) is 20.0 Å². The molecule has 2 rings (SSSR count). The lowest BCUT2D eigenvalue weighted by atomic mass is 10.2. The average Bonchev–Trinajstić information content (AvgIpc) is 2.39. The molecule has 0 heterocycles. The van der Waals surface area contributed by atoms with Crippen molar-refractivity contribution in [1.82, 2.24) is 0 Å². The van der Waals surface area contributed by atoms with E-state index in [1.807, 2.05) is 30.3 Å². The predicted molar refractivity (Wildman–Crippen MR) is 93.3 cm³/mol. The summed E-state index contributed by atoms with van der Waals surface area (Å²) in [5.74, 6) is 0. The Hall–Kier alpha value is 0.260. The number of anilines is 1. The minimum absolute atomic E-state index is 0.517. The number of nitrogens with one attached hydrogen (secondary N) is 1. The van der Waals surface area contributed by atoms with Gasteiger partial charge in [0.25, 0.3) is 0 Å². The predicted octanol–water partition coefficient (Wildman–Crippen LogP) is 6.89. The summed E-state index contributed by atoms with van der Waals surface area (Å²) in [6.07, 6.45) is 0. The van der Waals surface area contributed by atoms with E-state index < -0.39 is 0 Å². The highest BCUT2D eigenvalue weighted by molar-refractivity contribution is 9.13. The van der Waals surface area contributed by atoms with Gasteiger partial charge in [-0.25, -0.2) is 0 Å². The van der Waals surface area contributed by atoms with Crippen LogP contribution in [-0.2, 0) is 6.54 Å². The van der Waals surface area contributed by atoms with Crippen LogP contribution in [0.1, 0.15) is 5.56 Å². The molecule has 0 atom stereocenters. The zero-order valence-corrected chi connectivity index (χ0v) is 15.8. The first kappa shape index (κ1) is 15.6. The molecule has 0 aliphatic rings. The Bertz CT molecular complexity index is 617. The lowest BCUT2D eigenvalue weighted by Gasteiger charge is -2.11. The van der Waals surface area contributed by atoms with Crippen LogP contribution in [0.2, 0.25) is 10.0 Å². The molecule has 0 saturated heterocycles. The molecule has 0 saturated carbocycles. The first-order valence-corrected chi connectivity index (χ1v) is 8.44. The maximum absolute atomic E-state index is 6.18. The van der Waals surface area contributed by atoms with Crippen LogP contribution >= 0.6 is 71.0 Å². The summed E-state index contributed by atoms with van der Waals surface area (Å²) < 4.78 is 2.84. The van der Waals surface area contributed by atoms with Gasteiger partial charge >= 0.3 is 0 Å². The monoisotopic (exact) mass is 485 g/mol. The smallest absolute Gasteiger partial charge is 0.0835 e. The van der Waals surface area contributed by atoms with Crippen LogP contribution in [0.25, 0.3) is 0 Å². The molecule has 100 valence electrons. The highest BCUT2D eigenvalue weighted by Gasteiger charge is 2.08. The number of benzene rings is 2. The topological polar surface area (TPSA) is 12.0 Å². The third kappa shape index (κ3) is 3.88. The zero-order valence-electron chi connectivity index (χ0n) is 9.48. The van der Waals surface area contributed by atoms with Crippen LogP contribution in [0.4, 0.5) is 5.69 Å². The summed E-state index contributed by atoms with van der Waals surface area (Å²) >= 11 is 22.5. The van der Waals surface area contributed by atoms with Crippen LogP contribution in [0.15, 0.2) is 43.7 Å². The Kier molecular flexibility index (Phi) is 5.61. The van der Waals surface area contributed by atoms with Crippen molar-refractivity contribution in [2.45, 2.75) is 6.54 Å². The van der Waals surface area contributed by atoms with Crippen molar-refractivity contribution in [3.05, 3.63) is 59.4 Å². The summed E-state index contributed by atoms with van der Waals surface area (Å²) in [4.78, 5) is 0. The second-order valence-corrected chi connectivity index (χ2v) is 7.14. The molecule has 6 heteroatoms. The molecule has 0 radical (unpaired) electrons. The van der Waals surface area contributed by atoms with Gasteiger partial charge in [0.15, 0.2) is 0 Å². The Labute approximate surface area is 147 Å². The summed E-state index contributed by atoms with van der Waals surface area (Å²) in [6.45, 7) is 0.670. The normalized spacial score (nSPS) is 10.6. The van der Waals surface area contributed by atoms with Gasteiger partial charge in [-0.1, -0.05) is 29.3 Å². The molecule has 0 aromatic heterocycles. The van der Waals surface area contributed by atoms with Gasteiger partial charge in [-0.15, -0.1) is 0 Å². The summed E-state index contributed by atoms with van der Waals surface area (Å²) in [5, 5.41) is 4.31. The van der Waals surface area contributed by atoms with E-state index in [2.05, 4.69) is 53.1 Å². The Morgan fingerprint density at radius 3 is 2.21 bits per heavy atom. The zero-order chi connectivity index (χ0) is 14.0. The Balaban J connectivity index is 2.14.